The minimum absolute atomic E-state index is 0.134. The molecule has 7 heteroatoms. The maximum Gasteiger partial charge on any atom is 0.257 e. The van der Waals surface area contributed by atoms with Crippen molar-refractivity contribution in [1.82, 2.24) is 4.98 Å². The van der Waals surface area contributed by atoms with Crippen LogP contribution >= 0.6 is 0 Å². The van der Waals surface area contributed by atoms with E-state index in [4.69, 9.17) is 4.42 Å². The van der Waals surface area contributed by atoms with Gasteiger partial charge in [-0.3, -0.25) is 14.6 Å². The summed E-state index contributed by atoms with van der Waals surface area (Å²) >= 11 is 0. The van der Waals surface area contributed by atoms with Gasteiger partial charge in [0.25, 0.3) is 5.91 Å². The van der Waals surface area contributed by atoms with Crippen LogP contribution in [0.5, 0.6) is 0 Å². The van der Waals surface area contributed by atoms with Crippen molar-refractivity contribution in [2.24, 2.45) is 0 Å². The number of carbonyl (C=O) groups is 2. The van der Waals surface area contributed by atoms with Gasteiger partial charge in [0.1, 0.15) is 18.1 Å². The van der Waals surface area contributed by atoms with Crippen LogP contribution in [0.3, 0.4) is 0 Å². The zero-order valence-electron chi connectivity index (χ0n) is 14.3. The number of aromatic nitrogens is 1. The first-order valence-corrected chi connectivity index (χ1v) is 8.48. The van der Waals surface area contributed by atoms with Crippen molar-refractivity contribution >= 4 is 23.2 Å². The molecule has 3 aromatic rings. The molecule has 1 aliphatic rings. The summed E-state index contributed by atoms with van der Waals surface area (Å²) in [5.41, 5.74) is 2.54. The van der Waals surface area contributed by atoms with E-state index in [1.807, 2.05) is 6.07 Å². The van der Waals surface area contributed by atoms with Gasteiger partial charge in [0.2, 0.25) is 5.91 Å². The standard InChI is InChI=1S/C20H17N3O4/c24-11-14-4-6-18(27-14)16-9-19(25)23-17-8-13(3-5-15(16)17)22-20(26)12-2-1-7-21-10-12/h1-8,10,16,24H,9,11H2,(H,22,26)(H,23,25). The molecule has 0 saturated carbocycles. The SMILES string of the molecule is O=C1CC(c2ccc(CO)o2)c2ccc(NC(=O)c3cccnc3)cc2N1. The van der Waals surface area contributed by atoms with E-state index in [-0.39, 0.29) is 30.8 Å². The second-order valence-electron chi connectivity index (χ2n) is 6.26. The number of carbonyl (C=O) groups excluding carboxylic acids is 2. The first kappa shape index (κ1) is 17.0. The van der Waals surface area contributed by atoms with Gasteiger partial charge in [-0.05, 0) is 42.0 Å². The van der Waals surface area contributed by atoms with Crippen molar-refractivity contribution in [2.75, 3.05) is 10.6 Å². The minimum Gasteiger partial charge on any atom is -0.463 e. The zero-order chi connectivity index (χ0) is 18.8. The summed E-state index contributed by atoms with van der Waals surface area (Å²) in [6.45, 7) is -0.189. The van der Waals surface area contributed by atoms with Crippen LogP contribution in [0.15, 0.2) is 59.3 Å². The maximum atomic E-state index is 12.3. The quantitative estimate of drug-likeness (QED) is 0.661. The second kappa shape index (κ2) is 7.05. The fourth-order valence-corrected chi connectivity index (χ4v) is 3.16. The molecule has 0 saturated heterocycles. The van der Waals surface area contributed by atoms with E-state index >= 15 is 0 Å². The van der Waals surface area contributed by atoms with Gasteiger partial charge in [-0.15, -0.1) is 0 Å². The number of nitrogens with one attached hydrogen (secondary N) is 2. The molecule has 27 heavy (non-hydrogen) atoms. The normalized spacial score (nSPS) is 15.7. The van der Waals surface area contributed by atoms with Crippen LogP contribution in [-0.2, 0) is 11.4 Å². The van der Waals surface area contributed by atoms with Crippen molar-refractivity contribution in [2.45, 2.75) is 18.9 Å². The fourth-order valence-electron chi connectivity index (χ4n) is 3.16. The zero-order valence-corrected chi connectivity index (χ0v) is 14.3. The molecule has 0 bridgehead atoms. The Kier molecular flexibility index (Phi) is 4.43. The lowest BCUT2D eigenvalue weighted by molar-refractivity contribution is -0.116. The molecule has 4 rings (SSSR count). The van der Waals surface area contributed by atoms with Crippen LogP contribution < -0.4 is 10.6 Å². The number of furan rings is 1. The van der Waals surface area contributed by atoms with Gasteiger partial charge in [0.15, 0.2) is 0 Å². The summed E-state index contributed by atoms with van der Waals surface area (Å²) in [4.78, 5) is 28.4. The van der Waals surface area contributed by atoms with Crippen molar-refractivity contribution in [3.63, 3.8) is 0 Å². The average Bonchev–Trinajstić information content (AvgIpc) is 3.17. The highest BCUT2D eigenvalue weighted by molar-refractivity contribution is 6.04. The number of benzene rings is 1. The molecule has 0 radical (unpaired) electrons. The smallest absolute Gasteiger partial charge is 0.257 e. The van der Waals surface area contributed by atoms with Gasteiger partial charge >= 0.3 is 0 Å². The Morgan fingerprint density at radius 1 is 1.30 bits per heavy atom. The van der Waals surface area contributed by atoms with E-state index in [0.29, 0.717) is 28.5 Å². The van der Waals surface area contributed by atoms with Crippen LogP contribution in [-0.4, -0.2) is 21.9 Å². The topological polar surface area (TPSA) is 104 Å². The monoisotopic (exact) mass is 363 g/mol. The predicted octanol–water partition coefficient (Wildman–Crippen LogP) is 2.89. The Balaban J connectivity index is 1.61. The number of nitrogens with zero attached hydrogens (tertiary/aromatic N) is 1. The first-order chi connectivity index (χ1) is 13.1. The number of fused-ring (bicyclic) bond motifs is 1. The van der Waals surface area contributed by atoms with Gasteiger partial charge < -0.3 is 20.2 Å². The molecule has 3 N–H and O–H groups in total. The lowest BCUT2D eigenvalue weighted by Crippen LogP contribution is -2.23. The summed E-state index contributed by atoms with van der Waals surface area (Å²) in [5, 5.41) is 14.8. The number of hydrogen-bond donors (Lipinski definition) is 3. The summed E-state index contributed by atoms with van der Waals surface area (Å²) in [6, 6.07) is 12.2. The Morgan fingerprint density at radius 3 is 2.93 bits per heavy atom. The lowest BCUT2D eigenvalue weighted by atomic mass is 9.88. The Morgan fingerprint density at radius 2 is 2.19 bits per heavy atom. The number of aliphatic hydroxyl groups excluding tert-OH is 1. The number of amides is 2. The molecular weight excluding hydrogens is 346 g/mol. The molecule has 0 fully saturated rings. The van der Waals surface area contributed by atoms with Crippen LogP contribution in [0.4, 0.5) is 11.4 Å². The molecule has 1 unspecified atom stereocenters. The maximum absolute atomic E-state index is 12.3. The Bertz CT molecular complexity index is 997. The lowest BCUT2D eigenvalue weighted by Gasteiger charge is -2.25. The highest BCUT2D eigenvalue weighted by atomic mass is 16.4. The molecule has 7 nitrogen and oxygen atoms in total. The van der Waals surface area contributed by atoms with E-state index in [1.165, 1.54) is 6.20 Å². The van der Waals surface area contributed by atoms with Crippen LogP contribution in [0.2, 0.25) is 0 Å². The Hall–Kier alpha value is -3.45. The number of anilines is 2. The predicted molar refractivity (Wildman–Crippen MR) is 98.4 cm³/mol. The van der Waals surface area contributed by atoms with E-state index in [9.17, 15) is 14.7 Å². The fraction of sp³-hybridized carbons (Fsp3) is 0.150. The van der Waals surface area contributed by atoms with Crippen molar-refractivity contribution in [3.05, 3.63) is 77.5 Å². The Labute approximate surface area is 155 Å². The van der Waals surface area contributed by atoms with Gasteiger partial charge in [-0.1, -0.05) is 6.07 Å². The van der Waals surface area contributed by atoms with Crippen molar-refractivity contribution in [3.8, 4) is 0 Å². The summed E-state index contributed by atoms with van der Waals surface area (Å²) in [5.74, 6) is 0.433. The number of pyridine rings is 1. The molecule has 3 heterocycles. The van der Waals surface area contributed by atoms with E-state index in [0.717, 1.165) is 5.56 Å². The highest BCUT2D eigenvalue weighted by Gasteiger charge is 2.29. The third-order valence-electron chi connectivity index (χ3n) is 4.46. The summed E-state index contributed by atoms with van der Waals surface area (Å²) in [7, 11) is 0. The summed E-state index contributed by atoms with van der Waals surface area (Å²) in [6.07, 6.45) is 3.34. The van der Waals surface area contributed by atoms with Crippen molar-refractivity contribution < 1.29 is 19.1 Å². The molecular formula is C20H17N3O4. The van der Waals surface area contributed by atoms with Crippen LogP contribution in [0, 0.1) is 0 Å². The first-order valence-electron chi connectivity index (χ1n) is 8.48. The number of aliphatic hydroxyl groups is 1. The van der Waals surface area contributed by atoms with Crippen LogP contribution in [0.25, 0.3) is 0 Å². The largest absolute Gasteiger partial charge is 0.463 e. The van der Waals surface area contributed by atoms with Gasteiger partial charge in [-0.25, -0.2) is 0 Å². The highest BCUT2D eigenvalue weighted by Crippen LogP contribution is 2.39. The second-order valence-corrected chi connectivity index (χ2v) is 6.26. The third kappa shape index (κ3) is 3.45. The van der Waals surface area contributed by atoms with E-state index in [1.54, 1.807) is 42.6 Å². The molecule has 1 aliphatic heterocycles. The van der Waals surface area contributed by atoms with Gasteiger partial charge in [0.05, 0.1) is 11.5 Å². The molecule has 136 valence electrons. The van der Waals surface area contributed by atoms with Gasteiger partial charge in [0, 0.05) is 30.2 Å². The number of rotatable bonds is 4. The van der Waals surface area contributed by atoms with Crippen LogP contribution in [0.1, 0.15) is 39.8 Å². The average molecular weight is 363 g/mol. The third-order valence-corrected chi connectivity index (χ3v) is 4.46. The molecule has 0 aliphatic carbocycles. The van der Waals surface area contributed by atoms with Gasteiger partial charge in [-0.2, -0.15) is 0 Å². The van der Waals surface area contributed by atoms with E-state index < -0.39 is 0 Å². The molecule has 2 amide bonds. The molecule has 1 aromatic carbocycles. The number of hydrogen-bond acceptors (Lipinski definition) is 5. The van der Waals surface area contributed by atoms with E-state index in [2.05, 4.69) is 15.6 Å². The molecule has 0 spiro atoms. The summed E-state index contributed by atoms with van der Waals surface area (Å²) < 4.78 is 5.62. The molecule has 1 atom stereocenters. The molecule has 2 aromatic heterocycles. The van der Waals surface area contributed by atoms with Crippen molar-refractivity contribution in [1.29, 1.82) is 0 Å². The minimum atomic E-state index is -0.277.